The van der Waals surface area contributed by atoms with Gasteiger partial charge in [-0.1, -0.05) is 140 Å². The van der Waals surface area contributed by atoms with Crippen molar-refractivity contribution in [1.82, 2.24) is 14.5 Å². The van der Waals surface area contributed by atoms with Crippen LogP contribution >= 0.6 is 0 Å². The first-order valence-corrected chi connectivity index (χ1v) is 19.5. The van der Waals surface area contributed by atoms with Gasteiger partial charge in [0.2, 0.25) is 0 Å². The zero-order valence-electron chi connectivity index (χ0n) is 30.8. The number of nitrogens with zero attached hydrogens (tertiary/aromatic N) is 4. The number of hydrogen-bond acceptors (Lipinski definition) is 4. The van der Waals surface area contributed by atoms with Crippen molar-refractivity contribution in [1.29, 1.82) is 0 Å². The summed E-state index contributed by atoms with van der Waals surface area (Å²) in [5.74, 6) is 0.760. The normalized spacial score (nSPS) is 15.6. The number of aromatic nitrogens is 3. The van der Waals surface area contributed by atoms with Gasteiger partial charge in [0, 0.05) is 61.2 Å². The summed E-state index contributed by atoms with van der Waals surface area (Å²) in [6, 6.07) is 64.1. The molecule has 5 nitrogen and oxygen atoms in total. The van der Waals surface area contributed by atoms with Crippen molar-refractivity contribution in [3.8, 4) is 39.6 Å². The van der Waals surface area contributed by atoms with Crippen molar-refractivity contribution >= 4 is 50.3 Å². The summed E-state index contributed by atoms with van der Waals surface area (Å²) >= 11 is 0. The lowest BCUT2D eigenvalue weighted by Crippen LogP contribution is -2.31. The van der Waals surface area contributed by atoms with Crippen molar-refractivity contribution in [3.05, 3.63) is 205 Å². The summed E-state index contributed by atoms with van der Waals surface area (Å²) in [5.41, 5.74) is 15.2. The summed E-state index contributed by atoms with van der Waals surface area (Å²) < 4.78 is 8.94. The largest absolute Gasteiger partial charge is 0.456 e. The molecule has 0 saturated carbocycles. The Hall–Kier alpha value is -7.50. The molecule has 0 spiro atoms. The van der Waals surface area contributed by atoms with E-state index >= 15 is 0 Å². The Labute approximate surface area is 329 Å². The second kappa shape index (κ2) is 12.5. The SMILES string of the molecule is C1=CC2C(c3ccccc3N2c2cccc(-c3nc(-c4ccccc4)cc(-c4ccccc4)n3)c2)c2c1c1c3c(ccc1n2-c1ccccc1)oc1ccccc13. The summed E-state index contributed by atoms with van der Waals surface area (Å²) in [7, 11) is 0. The molecule has 5 heteroatoms. The minimum Gasteiger partial charge on any atom is -0.456 e. The minimum absolute atomic E-state index is 0.0324. The summed E-state index contributed by atoms with van der Waals surface area (Å²) in [4.78, 5) is 12.9. The van der Waals surface area contributed by atoms with Gasteiger partial charge >= 0.3 is 0 Å². The Bertz CT molecular complexity index is 3140. The molecule has 1 aliphatic heterocycles. The second-order valence-corrected chi connectivity index (χ2v) is 14.9. The standard InChI is InChI=1S/C52H34N4O/c1-4-15-33(16-5-1)41-32-42(34-17-6-2-7-18-34)54-52(53-41)35-19-14-22-37(31-35)55-43-25-12-10-23-38(43)49-45(55)28-27-40-48-44(56(51(40)49)36-20-8-3-9-21-36)29-30-47-50(48)39-24-11-13-26-46(39)57-47/h1-32,45,49H. The van der Waals surface area contributed by atoms with Gasteiger partial charge < -0.3 is 13.9 Å². The van der Waals surface area contributed by atoms with Crippen molar-refractivity contribution < 1.29 is 4.42 Å². The summed E-state index contributed by atoms with van der Waals surface area (Å²) in [5, 5.41) is 3.54. The van der Waals surface area contributed by atoms with Gasteiger partial charge in [-0.3, -0.25) is 0 Å². The highest BCUT2D eigenvalue weighted by Crippen LogP contribution is 2.54. The number of furan rings is 1. The molecule has 7 aromatic carbocycles. The predicted octanol–water partition coefficient (Wildman–Crippen LogP) is 13.0. The Kier molecular flexibility index (Phi) is 6.99. The van der Waals surface area contributed by atoms with Crippen LogP contribution in [0.5, 0.6) is 0 Å². The minimum atomic E-state index is 0.0324. The molecule has 1 aliphatic carbocycles. The van der Waals surface area contributed by atoms with E-state index in [-0.39, 0.29) is 12.0 Å². The molecule has 10 aromatic rings. The number of hydrogen-bond donors (Lipinski definition) is 0. The average molecular weight is 731 g/mol. The fourth-order valence-corrected chi connectivity index (χ4v) is 9.33. The van der Waals surface area contributed by atoms with Gasteiger partial charge in [0.25, 0.3) is 0 Å². The number of anilines is 2. The van der Waals surface area contributed by atoms with Crippen LogP contribution in [0.2, 0.25) is 0 Å². The Balaban J connectivity index is 1.05. The Morgan fingerprint density at radius 3 is 1.93 bits per heavy atom. The van der Waals surface area contributed by atoms with E-state index in [4.69, 9.17) is 14.4 Å². The van der Waals surface area contributed by atoms with Crippen LogP contribution < -0.4 is 4.90 Å². The quantitative estimate of drug-likeness (QED) is 0.177. The Morgan fingerprint density at radius 1 is 0.509 bits per heavy atom. The molecule has 0 amide bonds. The van der Waals surface area contributed by atoms with E-state index < -0.39 is 0 Å². The third-order valence-corrected chi connectivity index (χ3v) is 11.7. The molecule has 0 N–H and O–H groups in total. The summed E-state index contributed by atoms with van der Waals surface area (Å²) in [6.07, 6.45) is 4.77. The Morgan fingerprint density at radius 2 is 1.16 bits per heavy atom. The maximum absolute atomic E-state index is 6.45. The molecule has 0 fully saturated rings. The number of benzene rings is 7. The van der Waals surface area contributed by atoms with Crippen molar-refractivity contribution in [2.24, 2.45) is 0 Å². The molecule has 2 atom stereocenters. The van der Waals surface area contributed by atoms with Crippen LogP contribution in [-0.4, -0.2) is 20.6 Å². The first-order chi connectivity index (χ1) is 28.3. The molecule has 268 valence electrons. The van der Waals surface area contributed by atoms with Crippen LogP contribution in [0.25, 0.3) is 78.5 Å². The van der Waals surface area contributed by atoms with Gasteiger partial charge in [-0.25, -0.2) is 9.97 Å². The van der Waals surface area contributed by atoms with Crippen LogP contribution in [0, 0.1) is 0 Å². The van der Waals surface area contributed by atoms with Crippen molar-refractivity contribution in [2.45, 2.75) is 12.0 Å². The van der Waals surface area contributed by atoms with Crippen molar-refractivity contribution in [2.75, 3.05) is 4.90 Å². The fraction of sp³-hybridized carbons (Fsp3) is 0.0385. The third kappa shape index (κ3) is 4.89. The van der Waals surface area contributed by atoms with Gasteiger partial charge in [0.1, 0.15) is 11.2 Å². The van der Waals surface area contributed by atoms with Gasteiger partial charge in [-0.15, -0.1) is 0 Å². The van der Waals surface area contributed by atoms with Crippen LogP contribution in [0.1, 0.15) is 22.7 Å². The molecule has 0 bridgehead atoms. The lowest BCUT2D eigenvalue weighted by molar-refractivity contribution is 0.669. The van der Waals surface area contributed by atoms with Crippen molar-refractivity contribution in [3.63, 3.8) is 0 Å². The van der Waals surface area contributed by atoms with Crippen LogP contribution in [-0.2, 0) is 0 Å². The third-order valence-electron chi connectivity index (χ3n) is 11.7. The molecule has 3 aromatic heterocycles. The number of para-hydroxylation sites is 3. The maximum atomic E-state index is 6.45. The highest BCUT2D eigenvalue weighted by molar-refractivity contribution is 6.21. The highest BCUT2D eigenvalue weighted by Gasteiger charge is 2.44. The van der Waals surface area contributed by atoms with E-state index in [0.717, 1.165) is 56.0 Å². The van der Waals surface area contributed by atoms with E-state index in [1.165, 1.54) is 38.8 Å². The molecular formula is C52H34N4O. The zero-order valence-corrected chi connectivity index (χ0v) is 30.8. The monoisotopic (exact) mass is 730 g/mol. The van der Waals surface area contributed by atoms with Crippen LogP contribution in [0.4, 0.5) is 11.4 Å². The van der Waals surface area contributed by atoms with E-state index in [9.17, 15) is 0 Å². The first kappa shape index (κ1) is 31.8. The second-order valence-electron chi connectivity index (χ2n) is 14.9. The van der Waals surface area contributed by atoms with E-state index in [1.54, 1.807) is 0 Å². The molecule has 12 rings (SSSR count). The molecule has 2 unspecified atom stereocenters. The maximum Gasteiger partial charge on any atom is 0.160 e. The topological polar surface area (TPSA) is 47.1 Å². The number of rotatable bonds is 5. The molecule has 0 saturated heterocycles. The smallest absolute Gasteiger partial charge is 0.160 e. The van der Waals surface area contributed by atoms with Crippen LogP contribution in [0.3, 0.4) is 0 Å². The lowest BCUT2D eigenvalue weighted by atomic mass is 9.84. The van der Waals surface area contributed by atoms with Crippen LogP contribution in [0.15, 0.2) is 192 Å². The van der Waals surface area contributed by atoms with E-state index in [0.29, 0.717) is 5.82 Å². The number of fused-ring (bicyclic) bond motifs is 11. The van der Waals surface area contributed by atoms with E-state index in [2.05, 4.69) is 185 Å². The van der Waals surface area contributed by atoms with Gasteiger partial charge in [-0.05, 0) is 60.2 Å². The average Bonchev–Trinajstić information content (AvgIpc) is 3.95. The lowest BCUT2D eigenvalue weighted by Gasteiger charge is -2.32. The van der Waals surface area contributed by atoms with E-state index in [1.807, 2.05) is 18.2 Å². The summed E-state index contributed by atoms with van der Waals surface area (Å²) in [6.45, 7) is 0. The highest BCUT2D eigenvalue weighted by atomic mass is 16.3. The van der Waals surface area contributed by atoms with Gasteiger partial charge in [0.05, 0.1) is 28.9 Å². The van der Waals surface area contributed by atoms with Gasteiger partial charge in [0.15, 0.2) is 5.82 Å². The zero-order chi connectivity index (χ0) is 37.5. The molecule has 2 aliphatic rings. The molecular weight excluding hydrogens is 697 g/mol. The molecule has 4 heterocycles. The first-order valence-electron chi connectivity index (χ1n) is 19.5. The molecule has 57 heavy (non-hydrogen) atoms. The predicted molar refractivity (Wildman–Crippen MR) is 232 cm³/mol. The fourth-order valence-electron chi connectivity index (χ4n) is 9.33. The van der Waals surface area contributed by atoms with Gasteiger partial charge in [-0.2, -0.15) is 0 Å². The molecule has 0 radical (unpaired) electrons.